The third kappa shape index (κ3) is 5.78. The van der Waals surface area contributed by atoms with Crippen molar-refractivity contribution >= 4 is 0 Å². The van der Waals surface area contributed by atoms with Crippen molar-refractivity contribution in [1.29, 1.82) is 0 Å². The van der Waals surface area contributed by atoms with Crippen LogP contribution in [0.25, 0.3) is 0 Å². The van der Waals surface area contributed by atoms with Gasteiger partial charge in [0, 0.05) is 6.04 Å². The summed E-state index contributed by atoms with van der Waals surface area (Å²) in [5, 5.41) is 3.72. The summed E-state index contributed by atoms with van der Waals surface area (Å²) in [6.45, 7) is 8.05. The van der Waals surface area contributed by atoms with Crippen molar-refractivity contribution in [2.45, 2.75) is 58.9 Å². The van der Waals surface area contributed by atoms with Crippen LogP contribution in [0.5, 0.6) is 0 Å². The van der Waals surface area contributed by atoms with Gasteiger partial charge in [-0.05, 0) is 56.6 Å². The predicted molar refractivity (Wildman–Crippen MR) is 83.5 cm³/mol. The first-order chi connectivity index (χ1) is 9.13. The first kappa shape index (κ1) is 14.6. The van der Waals surface area contributed by atoms with Crippen molar-refractivity contribution in [3.63, 3.8) is 0 Å². The monoisotopic (exact) mass is 259 g/mol. The fourth-order valence-corrected chi connectivity index (χ4v) is 2.64. The molecule has 1 aliphatic carbocycles. The first-order valence-electron chi connectivity index (χ1n) is 7.92. The standard InChI is InChI=1S/C18H29N/c1-14(2)7-8-17(13-19-18-9-10-18)12-16-6-4-5-15(3)11-16/h4-6,11,14,17-19H,7-10,12-13H2,1-3H3. The summed E-state index contributed by atoms with van der Waals surface area (Å²) in [7, 11) is 0. The molecule has 1 heteroatoms. The van der Waals surface area contributed by atoms with Gasteiger partial charge in [-0.2, -0.15) is 0 Å². The van der Waals surface area contributed by atoms with Crippen molar-refractivity contribution in [3.8, 4) is 0 Å². The first-order valence-corrected chi connectivity index (χ1v) is 7.92. The minimum Gasteiger partial charge on any atom is -0.314 e. The Morgan fingerprint density at radius 3 is 2.63 bits per heavy atom. The maximum atomic E-state index is 3.72. The Balaban J connectivity index is 1.86. The molecule has 1 aromatic rings. The fourth-order valence-electron chi connectivity index (χ4n) is 2.64. The van der Waals surface area contributed by atoms with Crippen molar-refractivity contribution in [2.75, 3.05) is 6.54 Å². The van der Waals surface area contributed by atoms with Gasteiger partial charge in [0.2, 0.25) is 0 Å². The van der Waals surface area contributed by atoms with E-state index < -0.39 is 0 Å². The Morgan fingerprint density at radius 2 is 2.00 bits per heavy atom. The van der Waals surface area contributed by atoms with Gasteiger partial charge in [-0.15, -0.1) is 0 Å². The highest BCUT2D eigenvalue weighted by molar-refractivity contribution is 5.22. The lowest BCUT2D eigenvalue weighted by Crippen LogP contribution is -2.26. The molecule has 1 saturated carbocycles. The van der Waals surface area contributed by atoms with Gasteiger partial charge in [0.1, 0.15) is 0 Å². The van der Waals surface area contributed by atoms with E-state index in [2.05, 4.69) is 50.4 Å². The quantitative estimate of drug-likeness (QED) is 0.732. The van der Waals surface area contributed by atoms with E-state index >= 15 is 0 Å². The van der Waals surface area contributed by atoms with E-state index in [4.69, 9.17) is 0 Å². The summed E-state index contributed by atoms with van der Waals surface area (Å²) in [5.41, 5.74) is 2.89. The molecule has 1 aromatic carbocycles. The molecule has 19 heavy (non-hydrogen) atoms. The Labute approximate surface area is 118 Å². The molecule has 2 rings (SSSR count). The fraction of sp³-hybridized carbons (Fsp3) is 0.667. The van der Waals surface area contributed by atoms with Gasteiger partial charge < -0.3 is 5.32 Å². The second-order valence-electron chi connectivity index (χ2n) is 6.71. The molecular weight excluding hydrogens is 230 g/mol. The molecule has 0 aliphatic heterocycles. The smallest absolute Gasteiger partial charge is 0.00683 e. The van der Waals surface area contributed by atoms with E-state index in [0.717, 1.165) is 17.9 Å². The van der Waals surface area contributed by atoms with Crippen molar-refractivity contribution < 1.29 is 0 Å². The molecule has 0 heterocycles. The topological polar surface area (TPSA) is 12.0 Å². The molecule has 1 N–H and O–H groups in total. The van der Waals surface area contributed by atoms with E-state index in [-0.39, 0.29) is 0 Å². The van der Waals surface area contributed by atoms with E-state index in [1.807, 2.05) is 0 Å². The van der Waals surface area contributed by atoms with Crippen LogP contribution in [0.15, 0.2) is 24.3 Å². The summed E-state index contributed by atoms with van der Waals surface area (Å²) >= 11 is 0. The Kier molecular flexibility index (Phi) is 5.45. The van der Waals surface area contributed by atoms with Gasteiger partial charge in [0.25, 0.3) is 0 Å². The van der Waals surface area contributed by atoms with E-state index in [0.29, 0.717) is 0 Å². The van der Waals surface area contributed by atoms with Crippen LogP contribution in [0.4, 0.5) is 0 Å². The minimum absolute atomic E-state index is 0.796. The predicted octanol–water partition coefficient (Wildman–Crippen LogP) is 4.34. The number of rotatable bonds is 8. The summed E-state index contributed by atoms with van der Waals surface area (Å²) in [5.74, 6) is 1.62. The second kappa shape index (κ2) is 7.09. The van der Waals surface area contributed by atoms with Crippen molar-refractivity contribution in [3.05, 3.63) is 35.4 Å². The van der Waals surface area contributed by atoms with E-state index in [1.165, 1.54) is 49.8 Å². The van der Waals surface area contributed by atoms with Crippen LogP contribution in [0.2, 0.25) is 0 Å². The van der Waals surface area contributed by atoms with Crippen LogP contribution in [0, 0.1) is 18.8 Å². The number of aryl methyl sites for hydroxylation is 1. The van der Waals surface area contributed by atoms with Gasteiger partial charge in [-0.25, -0.2) is 0 Å². The van der Waals surface area contributed by atoms with Crippen molar-refractivity contribution in [2.24, 2.45) is 11.8 Å². The molecule has 1 atom stereocenters. The number of nitrogens with one attached hydrogen (secondary N) is 1. The number of hydrogen-bond acceptors (Lipinski definition) is 1. The molecule has 0 radical (unpaired) electrons. The Hall–Kier alpha value is -0.820. The highest BCUT2D eigenvalue weighted by atomic mass is 14.9. The SMILES string of the molecule is Cc1cccc(CC(CCC(C)C)CNC2CC2)c1. The Bertz CT molecular complexity index is 373. The molecule has 0 spiro atoms. The molecule has 0 saturated heterocycles. The van der Waals surface area contributed by atoms with E-state index in [1.54, 1.807) is 0 Å². The maximum Gasteiger partial charge on any atom is 0.00683 e. The van der Waals surface area contributed by atoms with Gasteiger partial charge in [0.05, 0.1) is 0 Å². The average Bonchev–Trinajstić information content (AvgIpc) is 3.16. The summed E-state index contributed by atoms with van der Waals surface area (Å²) in [6, 6.07) is 9.85. The third-order valence-electron chi connectivity index (χ3n) is 4.03. The summed E-state index contributed by atoms with van der Waals surface area (Å²) in [4.78, 5) is 0. The van der Waals surface area contributed by atoms with Crippen LogP contribution in [-0.2, 0) is 6.42 Å². The van der Waals surface area contributed by atoms with Crippen LogP contribution in [-0.4, -0.2) is 12.6 Å². The summed E-state index contributed by atoms with van der Waals surface area (Å²) < 4.78 is 0. The van der Waals surface area contributed by atoms with Gasteiger partial charge in [0.15, 0.2) is 0 Å². The van der Waals surface area contributed by atoms with Crippen LogP contribution < -0.4 is 5.32 Å². The third-order valence-corrected chi connectivity index (χ3v) is 4.03. The molecule has 1 nitrogen and oxygen atoms in total. The molecule has 1 fully saturated rings. The lowest BCUT2D eigenvalue weighted by Gasteiger charge is -2.19. The molecule has 0 aromatic heterocycles. The Morgan fingerprint density at radius 1 is 1.21 bits per heavy atom. The molecule has 1 aliphatic rings. The summed E-state index contributed by atoms with van der Waals surface area (Å²) in [6.07, 6.45) is 6.71. The lowest BCUT2D eigenvalue weighted by molar-refractivity contribution is 0.397. The van der Waals surface area contributed by atoms with Crippen LogP contribution >= 0.6 is 0 Å². The molecule has 1 unspecified atom stereocenters. The normalized spacial score (nSPS) is 16.8. The van der Waals surface area contributed by atoms with Gasteiger partial charge in [-0.3, -0.25) is 0 Å². The van der Waals surface area contributed by atoms with Crippen LogP contribution in [0.1, 0.15) is 50.7 Å². The molecule has 0 amide bonds. The molecular formula is C18H29N. The number of benzene rings is 1. The zero-order chi connectivity index (χ0) is 13.7. The lowest BCUT2D eigenvalue weighted by atomic mass is 9.91. The average molecular weight is 259 g/mol. The minimum atomic E-state index is 0.796. The molecule has 0 bridgehead atoms. The van der Waals surface area contributed by atoms with Crippen molar-refractivity contribution in [1.82, 2.24) is 5.32 Å². The molecule has 106 valence electrons. The van der Waals surface area contributed by atoms with E-state index in [9.17, 15) is 0 Å². The van der Waals surface area contributed by atoms with Gasteiger partial charge >= 0.3 is 0 Å². The van der Waals surface area contributed by atoms with Gasteiger partial charge in [-0.1, -0.05) is 50.1 Å². The highest BCUT2D eigenvalue weighted by Crippen LogP contribution is 2.22. The second-order valence-corrected chi connectivity index (χ2v) is 6.71. The number of hydrogen-bond donors (Lipinski definition) is 1. The zero-order valence-corrected chi connectivity index (χ0v) is 12.8. The largest absolute Gasteiger partial charge is 0.314 e. The zero-order valence-electron chi connectivity index (χ0n) is 12.8. The van der Waals surface area contributed by atoms with Crippen LogP contribution in [0.3, 0.4) is 0 Å². The maximum absolute atomic E-state index is 3.72. The highest BCUT2D eigenvalue weighted by Gasteiger charge is 2.22.